The molecule has 3 aromatic rings. The van der Waals surface area contributed by atoms with Crippen LogP contribution >= 0.6 is 11.3 Å². The topological polar surface area (TPSA) is 115 Å². The number of hydrogen-bond donors (Lipinski definition) is 0. The van der Waals surface area contributed by atoms with Crippen LogP contribution in [0.5, 0.6) is 0 Å². The summed E-state index contributed by atoms with van der Waals surface area (Å²) in [4.78, 5) is 28.0. The van der Waals surface area contributed by atoms with E-state index in [1.54, 1.807) is 16.7 Å². The molecule has 0 unspecified atom stereocenters. The number of carbonyl (C=O) groups excluding carboxylic acids is 1. The van der Waals surface area contributed by atoms with Crippen LogP contribution in [0.2, 0.25) is 0 Å². The van der Waals surface area contributed by atoms with E-state index < -0.39 is 20.9 Å². The third-order valence-corrected chi connectivity index (χ3v) is 7.69. The number of nitrogens with zero attached hydrogens (tertiary/aromatic N) is 4. The number of hydrogen-bond acceptors (Lipinski definition) is 6. The van der Waals surface area contributed by atoms with Crippen LogP contribution in [0, 0.1) is 10.1 Å². The summed E-state index contributed by atoms with van der Waals surface area (Å²) in [5, 5.41) is 11.1. The molecule has 0 radical (unpaired) electrons. The number of nitro benzene ring substituents is 1. The Kier molecular flexibility index (Phi) is 7.72. The van der Waals surface area contributed by atoms with Gasteiger partial charge in [0.2, 0.25) is 10.0 Å². The van der Waals surface area contributed by atoms with E-state index in [0.717, 1.165) is 4.70 Å². The number of nitro groups is 1. The van der Waals surface area contributed by atoms with Crippen LogP contribution in [-0.2, 0) is 16.6 Å². The van der Waals surface area contributed by atoms with Crippen LogP contribution in [0.25, 0.3) is 10.2 Å². The predicted molar refractivity (Wildman–Crippen MR) is 132 cm³/mol. The number of amides is 1. The Hall–Kier alpha value is -3.67. The molecule has 0 aliphatic carbocycles. The summed E-state index contributed by atoms with van der Waals surface area (Å²) >= 11 is 1.21. The van der Waals surface area contributed by atoms with Gasteiger partial charge in [-0.2, -0.15) is 9.30 Å². The van der Waals surface area contributed by atoms with E-state index in [1.165, 1.54) is 64.2 Å². The van der Waals surface area contributed by atoms with Crippen molar-refractivity contribution < 1.29 is 18.1 Å². The Bertz CT molecular complexity index is 1440. The molecule has 1 heterocycles. The van der Waals surface area contributed by atoms with E-state index >= 15 is 0 Å². The Morgan fingerprint density at radius 2 is 1.74 bits per heavy atom. The Morgan fingerprint density at radius 3 is 2.29 bits per heavy atom. The third kappa shape index (κ3) is 5.11. The van der Waals surface area contributed by atoms with Crippen molar-refractivity contribution in [1.82, 2.24) is 8.87 Å². The first kappa shape index (κ1) is 25.0. The summed E-state index contributed by atoms with van der Waals surface area (Å²) in [6, 6.07) is 9.93. The van der Waals surface area contributed by atoms with Crippen molar-refractivity contribution in [3.8, 4) is 0 Å². The molecule has 176 valence electrons. The van der Waals surface area contributed by atoms with E-state index in [0.29, 0.717) is 16.9 Å². The Balaban J connectivity index is 1.99. The molecule has 0 N–H and O–H groups in total. The fraction of sp³-hybridized carbons (Fsp3) is 0.130. The van der Waals surface area contributed by atoms with Crippen LogP contribution in [0.1, 0.15) is 10.4 Å². The molecule has 2 aromatic carbocycles. The van der Waals surface area contributed by atoms with Gasteiger partial charge >= 0.3 is 0 Å². The van der Waals surface area contributed by atoms with Gasteiger partial charge in [-0.1, -0.05) is 29.6 Å². The van der Waals surface area contributed by atoms with Crippen LogP contribution in [0.15, 0.2) is 90.3 Å². The number of rotatable bonds is 10. The van der Waals surface area contributed by atoms with Gasteiger partial charge in [-0.15, -0.1) is 19.7 Å². The first-order chi connectivity index (χ1) is 16.2. The summed E-state index contributed by atoms with van der Waals surface area (Å²) in [5.74, 6) is -0.572. The van der Waals surface area contributed by atoms with Crippen LogP contribution in [0.3, 0.4) is 0 Å². The third-order valence-electron chi connectivity index (χ3n) is 4.79. The minimum Gasteiger partial charge on any atom is -0.312 e. The number of sulfonamides is 1. The molecule has 0 saturated heterocycles. The van der Waals surface area contributed by atoms with Crippen LogP contribution in [-0.4, -0.2) is 41.2 Å². The number of non-ortho nitro benzene ring substituents is 1. The molecule has 1 amide bonds. The lowest BCUT2D eigenvalue weighted by Gasteiger charge is -2.19. The summed E-state index contributed by atoms with van der Waals surface area (Å²) in [6.45, 7) is 11.4. The van der Waals surface area contributed by atoms with Gasteiger partial charge in [0.05, 0.1) is 20.0 Å². The van der Waals surface area contributed by atoms with Gasteiger partial charge in [0, 0.05) is 37.3 Å². The van der Waals surface area contributed by atoms with Crippen molar-refractivity contribution in [2.24, 2.45) is 4.99 Å². The number of carbonyl (C=O) groups is 1. The number of thiazole rings is 1. The number of allylic oxidation sites excluding steroid dienone is 1. The Morgan fingerprint density at radius 1 is 1.09 bits per heavy atom. The monoisotopic (exact) mass is 498 g/mol. The smallest absolute Gasteiger partial charge is 0.279 e. The molecule has 0 spiro atoms. The van der Waals surface area contributed by atoms with Gasteiger partial charge in [0.15, 0.2) is 4.80 Å². The molecule has 0 bridgehead atoms. The molecular weight excluding hydrogens is 476 g/mol. The molecule has 0 aliphatic heterocycles. The quantitative estimate of drug-likeness (QED) is 0.239. The molecule has 1 aromatic heterocycles. The maximum atomic E-state index is 12.8. The molecule has 0 aliphatic rings. The zero-order valence-electron chi connectivity index (χ0n) is 18.2. The van der Waals surface area contributed by atoms with E-state index in [2.05, 4.69) is 24.7 Å². The summed E-state index contributed by atoms with van der Waals surface area (Å²) < 4.78 is 29.3. The molecular formula is C23H22N4O5S2. The molecule has 11 heteroatoms. The second-order valence-corrected chi connectivity index (χ2v) is 9.98. The van der Waals surface area contributed by atoms with Crippen molar-refractivity contribution in [2.75, 3.05) is 13.1 Å². The lowest BCUT2D eigenvalue weighted by Crippen LogP contribution is -2.31. The highest BCUT2D eigenvalue weighted by molar-refractivity contribution is 7.89. The van der Waals surface area contributed by atoms with E-state index in [9.17, 15) is 23.3 Å². The van der Waals surface area contributed by atoms with Crippen molar-refractivity contribution in [3.05, 3.63) is 101 Å². The minimum absolute atomic E-state index is 0.0312. The lowest BCUT2D eigenvalue weighted by atomic mass is 10.2. The minimum atomic E-state index is -3.79. The van der Waals surface area contributed by atoms with Crippen molar-refractivity contribution >= 4 is 43.2 Å². The zero-order chi connectivity index (χ0) is 24.9. The zero-order valence-corrected chi connectivity index (χ0v) is 19.8. The highest BCUT2D eigenvalue weighted by atomic mass is 32.2. The van der Waals surface area contributed by atoms with Gasteiger partial charge in [0.25, 0.3) is 11.6 Å². The largest absolute Gasteiger partial charge is 0.312 e. The van der Waals surface area contributed by atoms with E-state index in [4.69, 9.17) is 0 Å². The fourth-order valence-electron chi connectivity index (χ4n) is 3.19. The highest BCUT2D eigenvalue weighted by Gasteiger charge is 2.22. The molecule has 0 saturated carbocycles. The number of aromatic nitrogens is 1. The molecule has 0 atom stereocenters. The summed E-state index contributed by atoms with van der Waals surface area (Å²) in [6.07, 6.45) is 4.57. The van der Waals surface area contributed by atoms with Crippen molar-refractivity contribution in [3.63, 3.8) is 0 Å². The van der Waals surface area contributed by atoms with Gasteiger partial charge in [-0.3, -0.25) is 14.9 Å². The fourth-order valence-corrected chi connectivity index (χ4v) is 5.59. The number of fused-ring (bicyclic) bond motifs is 1. The highest BCUT2D eigenvalue weighted by Crippen LogP contribution is 2.23. The Labute approximate surface area is 200 Å². The average Bonchev–Trinajstić information content (AvgIpc) is 3.15. The first-order valence-electron chi connectivity index (χ1n) is 10.0. The standard InChI is InChI=1S/C23H22N4O5S2/c1-4-13-25(14-5-2)34(31,32)19-10-7-17(8-11-19)22(28)24-23-26(15-6-3)20-16-18(27(29)30)9-12-21(20)33-23/h4-12,16H,1-3,13-15H2. The van der Waals surface area contributed by atoms with Crippen molar-refractivity contribution in [1.29, 1.82) is 0 Å². The maximum absolute atomic E-state index is 12.8. The van der Waals surface area contributed by atoms with Gasteiger partial charge in [-0.25, -0.2) is 8.42 Å². The normalized spacial score (nSPS) is 12.1. The molecule has 9 nitrogen and oxygen atoms in total. The SMILES string of the molecule is C=CCN(CC=C)S(=O)(=O)c1ccc(C(=O)N=c2sc3ccc([N+](=O)[O-])cc3n2CC=C)cc1. The second kappa shape index (κ2) is 10.5. The van der Waals surface area contributed by atoms with Gasteiger partial charge < -0.3 is 4.57 Å². The first-order valence-corrected chi connectivity index (χ1v) is 12.3. The summed E-state index contributed by atoms with van der Waals surface area (Å²) in [5.41, 5.74) is 0.697. The van der Waals surface area contributed by atoms with E-state index in [1.807, 2.05) is 0 Å². The molecule has 3 rings (SSSR count). The van der Waals surface area contributed by atoms with E-state index in [-0.39, 0.29) is 29.2 Å². The summed E-state index contributed by atoms with van der Waals surface area (Å²) in [7, 11) is -3.79. The van der Waals surface area contributed by atoms with Gasteiger partial charge in [-0.05, 0) is 30.3 Å². The lowest BCUT2D eigenvalue weighted by molar-refractivity contribution is -0.384. The van der Waals surface area contributed by atoms with Crippen LogP contribution in [0.4, 0.5) is 5.69 Å². The average molecular weight is 499 g/mol. The predicted octanol–water partition coefficient (Wildman–Crippen LogP) is 3.90. The van der Waals surface area contributed by atoms with Gasteiger partial charge in [0.1, 0.15) is 0 Å². The molecule has 0 fully saturated rings. The van der Waals surface area contributed by atoms with Crippen molar-refractivity contribution in [2.45, 2.75) is 11.4 Å². The van der Waals surface area contributed by atoms with Crippen LogP contribution < -0.4 is 4.80 Å². The molecule has 34 heavy (non-hydrogen) atoms. The number of benzene rings is 2. The second-order valence-electron chi connectivity index (χ2n) is 7.03. The maximum Gasteiger partial charge on any atom is 0.279 e.